The van der Waals surface area contributed by atoms with E-state index in [1.165, 1.54) is 6.07 Å². The number of pyridine rings is 1. The molecule has 0 aliphatic heterocycles. The second kappa shape index (κ2) is 10.7. The molecule has 2 heterocycles. The van der Waals surface area contributed by atoms with E-state index in [9.17, 15) is 9.18 Å². The van der Waals surface area contributed by atoms with Gasteiger partial charge in [-0.25, -0.2) is 14.4 Å². The molecule has 8 nitrogen and oxygen atoms in total. The van der Waals surface area contributed by atoms with E-state index in [1.54, 1.807) is 24.4 Å². The van der Waals surface area contributed by atoms with Crippen LogP contribution >= 0.6 is 0 Å². The van der Waals surface area contributed by atoms with Gasteiger partial charge in [-0.2, -0.15) is 0 Å². The van der Waals surface area contributed by atoms with Gasteiger partial charge in [0.2, 0.25) is 11.9 Å². The fraction of sp³-hybridized carbons (Fsp3) is 0.296. The number of aryl methyl sites for hydroxylation is 1. The van der Waals surface area contributed by atoms with E-state index < -0.39 is 0 Å². The van der Waals surface area contributed by atoms with Crippen LogP contribution in [0.15, 0.2) is 54.7 Å². The fourth-order valence-corrected chi connectivity index (χ4v) is 3.64. The third kappa shape index (κ3) is 5.98. The SMILES string of the molecule is CC(C)NCC(=O)Nc1cc(Oc2ccc3c(c2)nc(Nc2cc(C(C)C)ccc2F)n3C)ccn1. The first kappa shape index (κ1) is 25.1. The monoisotopic (exact) mass is 490 g/mol. The zero-order chi connectivity index (χ0) is 25.8. The summed E-state index contributed by atoms with van der Waals surface area (Å²) in [4.78, 5) is 20.9. The number of carbonyl (C=O) groups is 1. The number of nitrogens with zero attached hydrogens (tertiary/aromatic N) is 3. The molecule has 4 aromatic rings. The average Bonchev–Trinajstić information content (AvgIpc) is 3.13. The van der Waals surface area contributed by atoms with Gasteiger partial charge in [0.05, 0.1) is 23.3 Å². The number of anilines is 3. The van der Waals surface area contributed by atoms with Crippen molar-refractivity contribution >= 4 is 34.4 Å². The Balaban J connectivity index is 1.51. The first-order chi connectivity index (χ1) is 17.2. The Labute approximate surface area is 209 Å². The molecule has 0 unspecified atom stereocenters. The van der Waals surface area contributed by atoms with Crippen LogP contribution in [0.2, 0.25) is 0 Å². The Hall–Kier alpha value is -3.98. The molecular formula is C27H31FN6O2. The highest BCUT2D eigenvalue weighted by atomic mass is 19.1. The quantitative estimate of drug-likeness (QED) is 0.279. The van der Waals surface area contributed by atoms with Crippen molar-refractivity contribution in [2.75, 3.05) is 17.2 Å². The Morgan fingerprint density at radius 2 is 1.83 bits per heavy atom. The van der Waals surface area contributed by atoms with Gasteiger partial charge in [0.15, 0.2) is 0 Å². The smallest absolute Gasteiger partial charge is 0.239 e. The topological polar surface area (TPSA) is 93.1 Å². The normalized spacial score (nSPS) is 11.3. The Kier molecular flexibility index (Phi) is 7.49. The van der Waals surface area contributed by atoms with Crippen molar-refractivity contribution in [3.8, 4) is 11.5 Å². The van der Waals surface area contributed by atoms with E-state index >= 15 is 0 Å². The zero-order valence-corrected chi connectivity index (χ0v) is 21.1. The van der Waals surface area contributed by atoms with Crippen molar-refractivity contribution in [3.05, 3.63) is 66.1 Å². The van der Waals surface area contributed by atoms with Crippen molar-refractivity contribution in [2.45, 2.75) is 39.7 Å². The van der Waals surface area contributed by atoms with Gasteiger partial charge in [0.1, 0.15) is 23.1 Å². The molecule has 0 saturated heterocycles. The van der Waals surface area contributed by atoms with Gasteiger partial charge in [-0.15, -0.1) is 0 Å². The van der Waals surface area contributed by atoms with E-state index in [2.05, 4.69) is 39.8 Å². The summed E-state index contributed by atoms with van der Waals surface area (Å²) in [7, 11) is 1.87. The molecule has 0 atom stereocenters. The Morgan fingerprint density at radius 1 is 1.06 bits per heavy atom. The molecular weight excluding hydrogens is 459 g/mol. The predicted octanol–water partition coefficient (Wildman–Crippen LogP) is 5.70. The second-order valence-electron chi connectivity index (χ2n) is 9.23. The number of amides is 1. The van der Waals surface area contributed by atoms with E-state index in [-0.39, 0.29) is 30.2 Å². The minimum absolute atomic E-state index is 0.182. The van der Waals surface area contributed by atoms with Crippen molar-refractivity contribution in [3.63, 3.8) is 0 Å². The summed E-state index contributed by atoms with van der Waals surface area (Å²) in [5.74, 6) is 1.79. The number of aromatic nitrogens is 3. The Morgan fingerprint density at radius 3 is 2.58 bits per heavy atom. The highest BCUT2D eigenvalue weighted by Gasteiger charge is 2.13. The van der Waals surface area contributed by atoms with Crippen molar-refractivity contribution < 1.29 is 13.9 Å². The van der Waals surface area contributed by atoms with Crippen LogP contribution in [0.4, 0.5) is 21.8 Å². The van der Waals surface area contributed by atoms with Gasteiger partial charge < -0.3 is 25.3 Å². The number of halogens is 1. The standard InChI is InChI=1S/C27H31FN6O2/c1-16(2)18-6-8-21(28)22(12-18)31-27-32-23-13-19(7-9-24(23)34(27)5)36-20-10-11-29-25(14-20)33-26(35)15-30-17(3)4/h6-14,16-17,30H,15H2,1-5H3,(H,31,32)(H,29,33,35). The van der Waals surface area contributed by atoms with Crippen molar-refractivity contribution in [1.82, 2.24) is 19.9 Å². The summed E-state index contributed by atoms with van der Waals surface area (Å²) < 4.78 is 22.3. The fourth-order valence-electron chi connectivity index (χ4n) is 3.64. The predicted molar refractivity (Wildman–Crippen MR) is 141 cm³/mol. The largest absolute Gasteiger partial charge is 0.457 e. The van der Waals surface area contributed by atoms with E-state index in [4.69, 9.17) is 4.74 Å². The molecule has 1 amide bonds. The molecule has 0 bridgehead atoms. The highest BCUT2D eigenvalue weighted by Crippen LogP contribution is 2.30. The molecule has 0 radical (unpaired) electrons. The number of nitrogens with one attached hydrogen (secondary N) is 3. The van der Waals surface area contributed by atoms with E-state index in [0.717, 1.165) is 11.1 Å². The maximum Gasteiger partial charge on any atom is 0.239 e. The van der Waals surface area contributed by atoms with Crippen molar-refractivity contribution in [1.29, 1.82) is 0 Å². The van der Waals surface area contributed by atoms with Crippen LogP contribution in [-0.2, 0) is 11.8 Å². The minimum atomic E-state index is -0.337. The molecule has 2 aromatic carbocycles. The number of carbonyl (C=O) groups excluding carboxylic acids is 1. The lowest BCUT2D eigenvalue weighted by atomic mass is 10.0. The van der Waals surface area contributed by atoms with Crippen LogP contribution in [0, 0.1) is 5.82 Å². The molecule has 0 aliphatic rings. The summed E-state index contributed by atoms with van der Waals surface area (Å²) in [6.45, 7) is 8.28. The lowest BCUT2D eigenvalue weighted by molar-refractivity contribution is -0.115. The van der Waals surface area contributed by atoms with Crippen LogP contribution in [0.25, 0.3) is 11.0 Å². The van der Waals surface area contributed by atoms with Gasteiger partial charge in [0.25, 0.3) is 0 Å². The lowest BCUT2D eigenvalue weighted by Gasteiger charge is -2.11. The summed E-state index contributed by atoms with van der Waals surface area (Å²) in [6.07, 6.45) is 1.57. The zero-order valence-electron chi connectivity index (χ0n) is 21.1. The number of benzene rings is 2. The first-order valence-corrected chi connectivity index (χ1v) is 11.9. The maximum atomic E-state index is 14.4. The van der Waals surface area contributed by atoms with Crippen LogP contribution in [-0.4, -0.2) is 33.0 Å². The summed E-state index contributed by atoms with van der Waals surface area (Å²) in [5, 5.41) is 8.94. The van der Waals surface area contributed by atoms with Gasteiger partial charge in [-0.3, -0.25) is 4.79 Å². The van der Waals surface area contributed by atoms with Crippen LogP contribution in [0.1, 0.15) is 39.2 Å². The number of fused-ring (bicyclic) bond motifs is 1. The van der Waals surface area contributed by atoms with Gasteiger partial charge in [-0.1, -0.05) is 33.8 Å². The average molecular weight is 491 g/mol. The van der Waals surface area contributed by atoms with Crippen LogP contribution < -0.4 is 20.7 Å². The number of hydrogen-bond donors (Lipinski definition) is 3. The first-order valence-electron chi connectivity index (χ1n) is 11.9. The van der Waals surface area contributed by atoms with E-state index in [1.807, 2.05) is 49.7 Å². The van der Waals surface area contributed by atoms with E-state index in [0.29, 0.717) is 34.5 Å². The van der Waals surface area contributed by atoms with Gasteiger partial charge in [0, 0.05) is 31.4 Å². The molecule has 188 valence electrons. The molecule has 0 spiro atoms. The summed E-state index contributed by atoms with van der Waals surface area (Å²) in [6, 6.07) is 14.2. The number of hydrogen-bond acceptors (Lipinski definition) is 6. The Bertz CT molecular complexity index is 1380. The molecule has 4 rings (SSSR count). The summed E-state index contributed by atoms with van der Waals surface area (Å²) >= 11 is 0. The third-order valence-corrected chi connectivity index (χ3v) is 5.66. The number of imidazole rings is 1. The highest BCUT2D eigenvalue weighted by molar-refractivity contribution is 5.91. The van der Waals surface area contributed by atoms with Crippen LogP contribution in [0.5, 0.6) is 11.5 Å². The minimum Gasteiger partial charge on any atom is -0.457 e. The molecule has 0 fully saturated rings. The maximum absolute atomic E-state index is 14.4. The molecule has 0 saturated carbocycles. The molecule has 0 aliphatic carbocycles. The molecule has 3 N–H and O–H groups in total. The molecule has 2 aromatic heterocycles. The van der Waals surface area contributed by atoms with Crippen molar-refractivity contribution in [2.24, 2.45) is 7.05 Å². The summed E-state index contributed by atoms with van der Waals surface area (Å²) in [5.41, 5.74) is 2.98. The van der Waals surface area contributed by atoms with Crippen LogP contribution in [0.3, 0.4) is 0 Å². The van der Waals surface area contributed by atoms with Gasteiger partial charge in [-0.05, 0) is 41.8 Å². The number of rotatable bonds is 9. The lowest BCUT2D eigenvalue weighted by Crippen LogP contribution is -2.32. The van der Waals surface area contributed by atoms with Gasteiger partial charge >= 0.3 is 0 Å². The second-order valence-corrected chi connectivity index (χ2v) is 9.23. The number of ether oxygens (including phenoxy) is 1. The molecule has 36 heavy (non-hydrogen) atoms. The molecule has 9 heteroatoms. The third-order valence-electron chi connectivity index (χ3n) is 5.66.